The molecule has 0 atom stereocenters. The van der Waals surface area contributed by atoms with Crippen molar-refractivity contribution < 1.29 is 22.8 Å². The zero-order valence-corrected chi connectivity index (χ0v) is 16.9. The van der Waals surface area contributed by atoms with Gasteiger partial charge in [0, 0.05) is 5.56 Å². The third-order valence-corrected chi connectivity index (χ3v) is 5.90. The first-order valence-electron chi connectivity index (χ1n) is 7.75. The summed E-state index contributed by atoms with van der Waals surface area (Å²) in [7, 11) is 0. The van der Waals surface area contributed by atoms with Gasteiger partial charge < -0.3 is 0 Å². The molecule has 8 nitrogen and oxygen atoms in total. The molecule has 0 saturated carbocycles. The first-order valence-corrected chi connectivity index (χ1v) is 10.4. The summed E-state index contributed by atoms with van der Waals surface area (Å²) in [5.74, 6) is -1.02. The molecule has 2 heterocycles. The van der Waals surface area contributed by atoms with E-state index in [9.17, 15) is 22.8 Å². The SMILES string of the molecule is Cc1nnc(NC(=O)CSc2nnc(NC(=O)c3cccc(C(F)(F)F)c3)s2)s1. The van der Waals surface area contributed by atoms with Crippen LogP contribution in [0.4, 0.5) is 23.4 Å². The fraction of sp³-hybridized carbons (Fsp3) is 0.200. The standard InChI is InChI=1S/C15H11F3N6O2S3/c1-7-21-22-12(28-7)19-10(25)6-27-14-24-23-13(29-14)20-11(26)8-3-2-4-9(5-8)15(16,17)18/h2-5H,6H2,1H3,(H,19,22,25)(H,20,23,26). The molecule has 3 aromatic rings. The van der Waals surface area contributed by atoms with Crippen LogP contribution in [0.5, 0.6) is 0 Å². The van der Waals surface area contributed by atoms with Gasteiger partial charge in [-0.3, -0.25) is 20.2 Å². The van der Waals surface area contributed by atoms with E-state index < -0.39 is 17.6 Å². The van der Waals surface area contributed by atoms with Gasteiger partial charge in [-0.1, -0.05) is 40.5 Å². The zero-order chi connectivity index (χ0) is 21.0. The van der Waals surface area contributed by atoms with E-state index >= 15 is 0 Å². The molecule has 14 heteroatoms. The van der Waals surface area contributed by atoms with Crippen LogP contribution in [0, 0.1) is 6.92 Å². The highest BCUT2D eigenvalue weighted by Gasteiger charge is 2.31. The second-order valence-electron chi connectivity index (χ2n) is 5.37. The lowest BCUT2D eigenvalue weighted by molar-refractivity contribution is -0.137. The van der Waals surface area contributed by atoms with Crippen LogP contribution in [0.2, 0.25) is 0 Å². The van der Waals surface area contributed by atoms with E-state index in [4.69, 9.17) is 0 Å². The van der Waals surface area contributed by atoms with Crippen molar-refractivity contribution in [3.8, 4) is 0 Å². The molecular weight excluding hydrogens is 449 g/mol. The minimum atomic E-state index is -4.54. The molecule has 0 aliphatic rings. The minimum absolute atomic E-state index is 0.0365. The van der Waals surface area contributed by atoms with E-state index in [1.165, 1.54) is 17.4 Å². The molecule has 1 aromatic carbocycles. The van der Waals surface area contributed by atoms with Crippen LogP contribution >= 0.6 is 34.4 Å². The van der Waals surface area contributed by atoms with Crippen molar-refractivity contribution in [2.24, 2.45) is 0 Å². The predicted octanol–water partition coefficient (Wildman–Crippen LogP) is 3.70. The molecule has 0 unspecified atom stereocenters. The zero-order valence-electron chi connectivity index (χ0n) is 14.5. The Morgan fingerprint density at radius 1 is 1.07 bits per heavy atom. The first kappa shape index (κ1) is 21.1. The quantitative estimate of drug-likeness (QED) is 0.426. The molecule has 29 heavy (non-hydrogen) atoms. The number of nitrogens with zero attached hydrogens (tertiary/aromatic N) is 4. The third kappa shape index (κ3) is 5.95. The minimum Gasteiger partial charge on any atom is -0.300 e. The van der Waals surface area contributed by atoms with Crippen molar-refractivity contribution in [3.63, 3.8) is 0 Å². The van der Waals surface area contributed by atoms with Gasteiger partial charge in [-0.15, -0.1) is 20.4 Å². The van der Waals surface area contributed by atoms with Crippen LogP contribution in [0.1, 0.15) is 20.9 Å². The number of nitrogens with one attached hydrogen (secondary N) is 2. The average molecular weight is 460 g/mol. The van der Waals surface area contributed by atoms with Crippen molar-refractivity contribution in [2.75, 3.05) is 16.4 Å². The molecule has 0 radical (unpaired) electrons. The number of aryl methyl sites for hydroxylation is 1. The summed E-state index contributed by atoms with van der Waals surface area (Å²) in [5.41, 5.74) is -1.08. The summed E-state index contributed by atoms with van der Waals surface area (Å²) in [6.07, 6.45) is -4.54. The second kappa shape index (κ2) is 8.84. The van der Waals surface area contributed by atoms with Crippen molar-refractivity contribution in [3.05, 3.63) is 40.4 Å². The van der Waals surface area contributed by atoms with Gasteiger partial charge in [-0.2, -0.15) is 13.2 Å². The van der Waals surface area contributed by atoms with E-state index in [1.54, 1.807) is 6.92 Å². The molecule has 2 aromatic heterocycles. The molecule has 0 fully saturated rings. The Kier molecular flexibility index (Phi) is 6.44. The number of hydrogen-bond acceptors (Lipinski definition) is 9. The molecule has 3 rings (SSSR count). The lowest BCUT2D eigenvalue weighted by atomic mass is 10.1. The van der Waals surface area contributed by atoms with Crippen LogP contribution in [0.25, 0.3) is 0 Å². The van der Waals surface area contributed by atoms with E-state index in [1.807, 2.05) is 0 Å². The van der Waals surface area contributed by atoms with Gasteiger partial charge in [0.05, 0.1) is 11.3 Å². The number of carbonyl (C=O) groups excluding carboxylic acids is 2. The maximum Gasteiger partial charge on any atom is 0.416 e. The van der Waals surface area contributed by atoms with Crippen molar-refractivity contribution in [1.29, 1.82) is 0 Å². The highest BCUT2D eigenvalue weighted by atomic mass is 32.2. The summed E-state index contributed by atoms with van der Waals surface area (Å²) in [6, 6.07) is 4.05. The number of carbonyl (C=O) groups is 2. The lowest BCUT2D eigenvalue weighted by Gasteiger charge is -2.08. The maximum atomic E-state index is 12.8. The Morgan fingerprint density at radius 2 is 1.79 bits per heavy atom. The Bertz CT molecular complexity index is 1040. The van der Waals surface area contributed by atoms with Gasteiger partial charge in [0.1, 0.15) is 5.01 Å². The average Bonchev–Trinajstić information content (AvgIpc) is 3.28. The molecule has 0 saturated heterocycles. The molecule has 2 amide bonds. The van der Waals surface area contributed by atoms with Gasteiger partial charge in [-0.25, -0.2) is 0 Å². The van der Waals surface area contributed by atoms with Crippen LogP contribution in [0.15, 0.2) is 28.6 Å². The van der Waals surface area contributed by atoms with E-state index in [2.05, 4.69) is 31.0 Å². The molecular formula is C15H11F3N6O2S3. The number of aromatic nitrogens is 4. The molecule has 0 spiro atoms. The number of benzene rings is 1. The Morgan fingerprint density at radius 3 is 2.48 bits per heavy atom. The van der Waals surface area contributed by atoms with Crippen molar-refractivity contribution >= 4 is 56.5 Å². The summed E-state index contributed by atoms with van der Waals surface area (Å²) >= 11 is 3.33. The lowest BCUT2D eigenvalue weighted by Crippen LogP contribution is -2.13. The molecule has 0 aliphatic heterocycles. The summed E-state index contributed by atoms with van der Waals surface area (Å²) in [4.78, 5) is 24.0. The van der Waals surface area contributed by atoms with E-state index in [0.29, 0.717) is 9.47 Å². The number of alkyl halides is 3. The predicted molar refractivity (Wildman–Crippen MR) is 103 cm³/mol. The fourth-order valence-corrected chi connectivity index (χ4v) is 4.11. The van der Waals surface area contributed by atoms with Crippen molar-refractivity contribution in [1.82, 2.24) is 20.4 Å². The molecule has 152 valence electrons. The van der Waals surface area contributed by atoms with Crippen LogP contribution in [-0.4, -0.2) is 38.0 Å². The summed E-state index contributed by atoms with van der Waals surface area (Å²) in [6.45, 7) is 1.76. The number of rotatable bonds is 6. The number of thioether (sulfide) groups is 1. The van der Waals surface area contributed by atoms with Gasteiger partial charge in [0.2, 0.25) is 16.2 Å². The first-order chi connectivity index (χ1) is 13.7. The smallest absolute Gasteiger partial charge is 0.300 e. The molecule has 2 N–H and O–H groups in total. The van der Waals surface area contributed by atoms with Crippen molar-refractivity contribution in [2.45, 2.75) is 17.4 Å². The maximum absolute atomic E-state index is 12.8. The van der Waals surface area contributed by atoms with Gasteiger partial charge in [-0.05, 0) is 25.1 Å². The van der Waals surface area contributed by atoms with Gasteiger partial charge in [0.25, 0.3) is 5.91 Å². The largest absolute Gasteiger partial charge is 0.416 e. The highest BCUT2D eigenvalue weighted by Crippen LogP contribution is 2.30. The number of anilines is 2. The Balaban J connectivity index is 1.54. The van der Waals surface area contributed by atoms with E-state index in [-0.39, 0.29) is 22.4 Å². The number of hydrogen-bond donors (Lipinski definition) is 2. The molecule has 0 aliphatic carbocycles. The van der Waals surface area contributed by atoms with Crippen LogP contribution in [-0.2, 0) is 11.0 Å². The number of amides is 2. The van der Waals surface area contributed by atoms with Crippen LogP contribution in [0.3, 0.4) is 0 Å². The summed E-state index contributed by atoms with van der Waals surface area (Å²) < 4.78 is 38.7. The van der Waals surface area contributed by atoms with E-state index in [0.717, 1.165) is 46.3 Å². The molecule has 0 bridgehead atoms. The topological polar surface area (TPSA) is 110 Å². The van der Waals surface area contributed by atoms with Gasteiger partial charge in [0.15, 0.2) is 4.34 Å². The third-order valence-electron chi connectivity index (χ3n) is 3.18. The fourth-order valence-electron chi connectivity index (χ4n) is 1.95. The monoisotopic (exact) mass is 460 g/mol. The summed E-state index contributed by atoms with van der Waals surface area (Å²) in [5, 5.41) is 21.4. The van der Waals surface area contributed by atoms with Crippen LogP contribution < -0.4 is 10.6 Å². The normalized spacial score (nSPS) is 11.3. The number of halogens is 3. The van der Waals surface area contributed by atoms with Gasteiger partial charge >= 0.3 is 6.18 Å². The second-order valence-corrected chi connectivity index (χ2v) is 8.75. The highest BCUT2D eigenvalue weighted by molar-refractivity contribution is 8.01. The Labute approximate surface area is 174 Å². The Hall–Kier alpha value is -2.58.